The number of hydrogen-bond donors (Lipinski definition) is 2. The first-order chi connectivity index (χ1) is 8.22. The predicted molar refractivity (Wildman–Crippen MR) is 71.1 cm³/mol. The van der Waals surface area contributed by atoms with Crippen LogP contribution in [0, 0.1) is 5.92 Å². The highest BCUT2D eigenvalue weighted by Gasteiger charge is 2.30. The zero-order valence-electron chi connectivity index (χ0n) is 10.4. The third kappa shape index (κ3) is 2.87. The fourth-order valence-corrected chi connectivity index (χ4v) is 3.22. The summed E-state index contributed by atoms with van der Waals surface area (Å²) in [5.41, 5.74) is 0. The maximum Gasteiger partial charge on any atom is 0.225 e. The molecule has 2 heterocycles. The Hall–Kier alpha value is -0.870. The van der Waals surface area contributed by atoms with Gasteiger partial charge >= 0.3 is 0 Å². The lowest BCUT2D eigenvalue weighted by atomic mass is 10.0. The Kier molecular flexibility index (Phi) is 4.18. The summed E-state index contributed by atoms with van der Waals surface area (Å²) in [6, 6.07) is 4.61. The molecule has 0 bridgehead atoms. The van der Waals surface area contributed by atoms with Gasteiger partial charge in [0.05, 0.1) is 12.0 Å². The molecular formula is C13H20N2OS. The molecule has 1 aromatic heterocycles. The third-order valence-electron chi connectivity index (χ3n) is 3.47. The van der Waals surface area contributed by atoms with Crippen LogP contribution in [0.1, 0.15) is 37.6 Å². The zero-order chi connectivity index (χ0) is 12.3. The summed E-state index contributed by atoms with van der Waals surface area (Å²) in [6.45, 7) is 5.15. The first-order valence-electron chi connectivity index (χ1n) is 6.29. The Labute approximate surface area is 107 Å². The van der Waals surface area contributed by atoms with Gasteiger partial charge in [0.1, 0.15) is 0 Å². The van der Waals surface area contributed by atoms with Gasteiger partial charge in [0.15, 0.2) is 0 Å². The molecule has 4 heteroatoms. The van der Waals surface area contributed by atoms with Crippen molar-refractivity contribution in [1.82, 2.24) is 10.6 Å². The topological polar surface area (TPSA) is 41.1 Å². The molecule has 1 aliphatic rings. The number of nitrogens with one attached hydrogen (secondary N) is 2. The minimum Gasteiger partial charge on any atom is -0.348 e. The fraction of sp³-hybridized carbons (Fsp3) is 0.615. The fourth-order valence-electron chi connectivity index (χ4n) is 2.36. The molecule has 0 saturated carbocycles. The van der Waals surface area contributed by atoms with Gasteiger partial charge in [-0.2, -0.15) is 0 Å². The monoisotopic (exact) mass is 252 g/mol. The quantitative estimate of drug-likeness (QED) is 0.863. The van der Waals surface area contributed by atoms with E-state index in [1.165, 1.54) is 4.88 Å². The van der Waals surface area contributed by atoms with E-state index in [2.05, 4.69) is 35.9 Å². The molecule has 1 aliphatic heterocycles. The number of thiophene rings is 1. The molecule has 0 spiro atoms. The number of amides is 1. The van der Waals surface area contributed by atoms with E-state index in [9.17, 15) is 4.79 Å². The second kappa shape index (κ2) is 5.65. The summed E-state index contributed by atoms with van der Waals surface area (Å²) in [6.07, 6.45) is 1.90. The van der Waals surface area contributed by atoms with Crippen molar-refractivity contribution in [2.45, 2.75) is 38.8 Å². The van der Waals surface area contributed by atoms with Crippen molar-refractivity contribution >= 4 is 17.2 Å². The Morgan fingerprint density at radius 2 is 2.53 bits per heavy atom. The van der Waals surface area contributed by atoms with E-state index in [1.54, 1.807) is 11.3 Å². The van der Waals surface area contributed by atoms with E-state index in [1.807, 2.05) is 6.07 Å². The van der Waals surface area contributed by atoms with Crippen LogP contribution in [0.5, 0.6) is 0 Å². The van der Waals surface area contributed by atoms with Crippen molar-refractivity contribution in [2.24, 2.45) is 5.92 Å². The van der Waals surface area contributed by atoms with Crippen LogP contribution in [0.2, 0.25) is 0 Å². The van der Waals surface area contributed by atoms with Gasteiger partial charge in [0.25, 0.3) is 0 Å². The van der Waals surface area contributed by atoms with Gasteiger partial charge in [0.2, 0.25) is 5.91 Å². The Morgan fingerprint density at radius 1 is 1.71 bits per heavy atom. The van der Waals surface area contributed by atoms with Gasteiger partial charge in [-0.3, -0.25) is 4.79 Å². The van der Waals surface area contributed by atoms with E-state index in [0.29, 0.717) is 6.04 Å². The summed E-state index contributed by atoms with van der Waals surface area (Å²) >= 11 is 1.71. The zero-order valence-corrected chi connectivity index (χ0v) is 11.2. The van der Waals surface area contributed by atoms with Crippen LogP contribution >= 0.6 is 11.3 Å². The first kappa shape index (κ1) is 12.6. The average Bonchev–Trinajstić information content (AvgIpc) is 2.96. The Morgan fingerprint density at radius 3 is 3.06 bits per heavy atom. The number of carbonyl (C=O) groups is 1. The molecule has 3 atom stereocenters. The lowest BCUT2D eigenvalue weighted by Crippen LogP contribution is -2.38. The van der Waals surface area contributed by atoms with Crippen LogP contribution in [0.25, 0.3) is 0 Å². The van der Waals surface area contributed by atoms with Crippen molar-refractivity contribution in [2.75, 3.05) is 6.54 Å². The molecule has 0 aliphatic carbocycles. The highest BCUT2D eigenvalue weighted by atomic mass is 32.1. The molecule has 0 aromatic carbocycles. The largest absolute Gasteiger partial charge is 0.348 e. The van der Waals surface area contributed by atoms with Crippen LogP contribution in [-0.4, -0.2) is 18.5 Å². The van der Waals surface area contributed by atoms with E-state index in [-0.39, 0.29) is 17.9 Å². The van der Waals surface area contributed by atoms with Crippen molar-refractivity contribution in [3.63, 3.8) is 0 Å². The van der Waals surface area contributed by atoms with E-state index < -0.39 is 0 Å². The van der Waals surface area contributed by atoms with Crippen molar-refractivity contribution in [1.29, 1.82) is 0 Å². The molecule has 1 amide bonds. The molecule has 3 unspecified atom stereocenters. The molecule has 1 saturated heterocycles. The van der Waals surface area contributed by atoms with Crippen LogP contribution in [0.3, 0.4) is 0 Å². The highest BCUT2D eigenvalue weighted by molar-refractivity contribution is 7.10. The van der Waals surface area contributed by atoms with E-state index in [0.717, 1.165) is 19.4 Å². The van der Waals surface area contributed by atoms with Crippen LogP contribution in [0.15, 0.2) is 17.5 Å². The van der Waals surface area contributed by atoms with Crippen LogP contribution in [0.4, 0.5) is 0 Å². The summed E-state index contributed by atoms with van der Waals surface area (Å²) in [4.78, 5) is 13.4. The maximum absolute atomic E-state index is 12.2. The maximum atomic E-state index is 12.2. The SMILES string of the molecule is CCC(NC(=O)C1CCNC1C)c1cccs1. The number of hydrogen-bond acceptors (Lipinski definition) is 3. The van der Waals surface area contributed by atoms with Gasteiger partial charge in [-0.05, 0) is 37.8 Å². The summed E-state index contributed by atoms with van der Waals surface area (Å²) in [5.74, 6) is 0.326. The van der Waals surface area contributed by atoms with Crippen molar-refractivity contribution in [3.8, 4) is 0 Å². The van der Waals surface area contributed by atoms with Gasteiger partial charge in [0, 0.05) is 10.9 Å². The van der Waals surface area contributed by atoms with E-state index >= 15 is 0 Å². The standard InChI is InChI=1S/C13H20N2OS/c1-3-11(12-5-4-8-17-12)15-13(16)10-6-7-14-9(10)2/h4-5,8-11,14H,3,6-7H2,1-2H3,(H,15,16). The van der Waals surface area contributed by atoms with Gasteiger partial charge in [-0.25, -0.2) is 0 Å². The summed E-state index contributed by atoms with van der Waals surface area (Å²) < 4.78 is 0. The second-order valence-corrected chi connectivity index (χ2v) is 5.60. The Balaban J connectivity index is 1.97. The molecule has 17 heavy (non-hydrogen) atoms. The molecule has 2 N–H and O–H groups in total. The molecular weight excluding hydrogens is 232 g/mol. The molecule has 1 fully saturated rings. The molecule has 94 valence electrons. The molecule has 2 rings (SSSR count). The van der Waals surface area contributed by atoms with Crippen LogP contribution < -0.4 is 10.6 Å². The highest BCUT2D eigenvalue weighted by Crippen LogP contribution is 2.23. The van der Waals surface area contributed by atoms with Gasteiger partial charge in [-0.15, -0.1) is 11.3 Å². The van der Waals surface area contributed by atoms with E-state index in [4.69, 9.17) is 0 Å². The number of carbonyl (C=O) groups excluding carboxylic acids is 1. The molecule has 3 nitrogen and oxygen atoms in total. The van der Waals surface area contributed by atoms with Crippen LogP contribution in [-0.2, 0) is 4.79 Å². The minimum absolute atomic E-state index is 0.129. The smallest absolute Gasteiger partial charge is 0.225 e. The Bertz CT molecular complexity index is 364. The predicted octanol–water partition coefficient (Wildman–Crippen LogP) is 2.31. The number of rotatable bonds is 4. The third-order valence-corrected chi connectivity index (χ3v) is 4.46. The van der Waals surface area contributed by atoms with Gasteiger partial charge in [-0.1, -0.05) is 13.0 Å². The molecule has 1 aromatic rings. The lowest BCUT2D eigenvalue weighted by Gasteiger charge is -2.20. The van der Waals surface area contributed by atoms with Crippen molar-refractivity contribution < 1.29 is 4.79 Å². The first-order valence-corrected chi connectivity index (χ1v) is 7.17. The second-order valence-electron chi connectivity index (χ2n) is 4.62. The van der Waals surface area contributed by atoms with Crippen molar-refractivity contribution in [3.05, 3.63) is 22.4 Å². The van der Waals surface area contributed by atoms with Gasteiger partial charge < -0.3 is 10.6 Å². The normalized spacial score (nSPS) is 25.8. The summed E-state index contributed by atoms with van der Waals surface area (Å²) in [7, 11) is 0. The minimum atomic E-state index is 0.129. The average molecular weight is 252 g/mol. The lowest BCUT2D eigenvalue weighted by molar-refractivity contribution is -0.125. The molecule has 0 radical (unpaired) electrons. The summed E-state index contributed by atoms with van der Waals surface area (Å²) in [5, 5.41) is 8.55.